The Balaban J connectivity index is 1.25. The zero-order valence-corrected chi connectivity index (χ0v) is 28.2. The smallest absolute Gasteiger partial charge is 0.0542 e. The molecule has 0 fully saturated rings. The van der Waals surface area contributed by atoms with Crippen LogP contribution in [-0.4, -0.2) is 9.13 Å². The Labute approximate surface area is 293 Å². The molecule has 0 aliphatic rings. The van der Waals surface area contributed by atoms with Crippen LogP contribution in [0.2, 0.25) is 0 Å². The van der Waals surface area contributed by atoms with Gasteiger partial charge >= 0.3 is 0 Å². The molecule has 0 aliphatic heterocycles. The van der Waals surface area contributed by atoms with E-state index in [0.29, 0.717) is 0 Å². The maximum atomic E-state index is 2.42. The summed E-state index contributed by atoms with van der Waals surface area (Å²) < 4.78 is 4.84. The summed E-state index contributed by atoms with van der Waals surface area (Å²) in [5, 5.41) is 2.41. The van der Waals surface area contributed by atoms with E-state index in [9.17, 15) is 0 Å². The highest BCUT2D eigenvalue weighted by molar-refractivity contribution is 6.02. The number of aromatic nitrogens is 2. The van der Waals surface area contributed by atoms with Gasteiger partial charge in [-0.3, -0.25) is 0 Å². The first-order valence-corrected chi connectivity index (χ1v) is 17.3. The van der Waals surface area contributed by atoms with Gasteiger partial charge in [0.1, 0.15) is 0 Å². The van der Waals surface area contributed by atoms with Crippen molar-refractivity contribution in [2.45, 2.75) is 13.8 Å². The predicted octanol–water partition coefficient (Wildman–Crippen LogP) is 12.9. The van der Waals surface area contributed by atoms with Crippen LogP contribution in [0.5, 0.6) is 0 Å². The largest absolute Gasteiger partial charge is 0.309 e. The monoisotopic (exact) mass is 640 g/mol. The number of fused-ring (bicyclic) bond motifs is 2. The van der Waals surface area contributed by atoms with Crippen molar-refractivity contribution in [2.24, 2.45) is 0 Å². The van der Waals surface area contributed by atoms with E-state index in [0.717, 1.165) is 11.4 Å². The molecule has 0 spiro atoms. The molecule has 0 saturated carbocycles. The molecule has 0 radical (unpaired) electrons. The second-order valence-electron chi connectivity index (χ2n) is 13.2. The molecular weight excluding hydrogens is 605 g/mol. The summed E-state index contributed by atoms with van der Waals surface area (Å²) in [6, 6.07) is 66.1. The average Bonchev–Trinajstić information content (AvgIpc) is 3.73. The van der Waals surface area contributed by atoms with Gasteiger partial charge in [-0.25, -0.2) is 0 Å². The fourth-order valence-corrected chi connectivity index (χ4v) is 7.48. The summed E-state index contributed by atoms with van der Waals surface area (Å²) >= 11 is 0. The topological polar surface area (TPSA) is 9.86 Å². The fraction of sp³-hybridized carbons (Fsp3) is 0.0417. The van der Waals surface area contributed by atoms with Crippen molar-refractivity contribution in [3.05, 3.63) is 193 Å². The van der Waals surface area contributed by atoms with Gasteiger partial charge in [-0.1, -0.05) is 133 Å². The van der Waals surface area contributed by atoms with E-state index in [1.807, 2.05) is 0 Å². The van der Waals surface area contributed by atoms with E-state index in [1.54, 1.807) is 0 Å². The highest BCUT2D eigenvalue weighted by Gasteiger charge is 2.18. The van der Waals surface area contributed by atoms with E-state index in [1.165, 1.54) is 77.7 Å². The van der Waals surface area contributed by atoms with Crippen LogP contribution >= 0.6 is 0 Å². The van der Waals surface area contributed by atoms with Crippen molar-refractivity contribution in [3.63, 3.8) is 0 Å². The third-order valence-corrected chi connectivity index (χ3v) is 10.0. The lowest BCUT2D eigenvalue weighted by atomic mass is 10.0. The summed E-state index contributed by atoms with van der Waals surface area (Å²) in [6.07, 6.45) is 0. The van der Waals surface area contributed by atoms with Crippen LogP contribution in [0.4, 0.5) is 0 Å². The van der Waals surface area contributed by atoms with Gasteiger partial charge in [-0.15, -0.1) is 0 Å². The minimum atomic E-state index is 1.14. The molecule has 0 saturated heterocycles. The predicted molar refractivity (Wildman–Crippen MR) is 211 cm³/mol. The third kappa shape index (κ3) is 5.14. The second-order valence-corrected chi connectivity index (χ2v) is 13.2. The lowest BCUT2D eigenvalue weighted by Crippen LogP contribution is -1.98. The van der Waals surface area contributed by atoms with Gasteiger partial charge in [0.25, 0.3) is 0 Å². The zero-order chi connectivity index (χ0) is 33.6. The lowest BCUT2D eigenvalue weighted by Gasteiger charge is -2.14. The maximum Gasteiger partial charge on any atom is 0.0542 e. The summed E-state index contributed by atoms with van der Waals surface area (Å²) in [4.78, 5) is 0. The van der Waals surface area contributed by atoms with Gasteiger partial charge in [-0.2, -0.15) is 0 Å². The van der Waals surface area contributed by atoms with Gasteiger partial charge in [0.15, 0.2) is 0 Å². The van der Waals surface area contributed by atoms with Crippen LogP contribution in [0.25, 0.3) is 77.9 Å². The fourth-order valence-electron chi connectivity index (χ4n) is 7.48. The van der Waals surface area contributed by atoms with Gasteiger partial charge in [0.2, 0.25) is 0 Å². The molecule has 9 rings (SSSR count). The summed E-state index contributed by atoms with van der Waals surface area (Å²) in [5.41, 5.74) is 16.9. The zero-order valence-electron chi connectivity index (χ0n) is 28.2. The quantitative estimate of drug-likeness (QED) is 0.171. The lowest BCUT2D eigenvalue weighted by molar-refractivity contribution is 1.13. The molecule has 9 aromatic rings. The molecule has 0 aliphatic carbocycles. The molecule has 0 amide bonds. The molecule has 0 N–H and O–H groups in total. The van der Waals surface area contributed by atoms with Crippen molar-refractivity contribution in [3.8, 4) is 56.1 Å². The highest BCUT2D eigenvalue weighted by Crippen LogP contribution is 2.39. The maximum absolute atomic E-state index is 2.42. The van der Waals surface area contributed by atoms with Crippen molar-refractivity contribution in [2.75, 3.05) is 0 Å². The number of rotatable bonds is 6. The summed E-state index contributed by atoms with van der Waals surface area (Å²) in [7, 11) is 0. The molecule has 7 aromatic carbocycles. The molecule has 0 atom stereocenters. The third-order valence-electron chi connectivity index (χ3n) is 10.0. The Kier molecular flexibility index (Phi) is 7.29. The Morgan fingerprint density at radius 1 is 0.320 bits per heavy atom. The molecule has 2 heteroatoms. The second kappa shape index (κ2) is 12.3. The van der Waals surface area contributed by atoms with Gasteiger partial charge in [-0.05, 0) is 107 Å². The van der Waals surface area contributed by atoms with Crippen molar-refractivity contribution >= 4 is 21.8 Å². The van der Waals surface area contributed by atoms with Gasteiger partial charge in [0.05, 0.1) is 22.4 Å². The molecule has 238 valence electrons. The van der Waals surface area contributed by atoms with Crippen LogP contribution in [-0.2, 0) is 0 Å². The minimum absolute atomic E-state index is 1.14. The molecule has 2 nitrogen and oxygen atoms in total. The highest BCUT2D eigenvalue weighted by atomic mass is 15.0. The SMILES string of the molecule is Cc1ccccc1-c1ccc(-n2c(-c3ccccc3)cc3cc4c(cc(-c5ccccc5)n4-c4ccc(-c5ccccc5C)cc4)cc32)cc1. The van der Waals surface area contributed by atoms with E-state index in [2.05, 4.69) is 205 Å². The number of aryl methyl sites for hydroxylation is 2. The van der Waals surface area contributed by atoms with Crippen molar-refractivity contribution < 1.29 is 0 Å². The Hall–Kier alpha value is -6.38. The van der Waals surface area contributed by atoms with Crippen LogP contribution in [0.15, 0.2) is 182 Å². The summed E-state index contributed by atoms with van der Waals surface area (Å²) in [5.74, 6) is 0. The van der Waals surface area contributed by atoms with Crippen LogP contribution in [0.1, 0.15) is 11.1 Å². The van der Waals surface area contributed by atoms with Crippen molar-refractivity contribution in [1.82, 2.24) is 9.13 Å². The first-order chi connectivity index (χ1) is 24.6. The van der Waals surface area contributed by atoms with E-state index in [4.69, 9.17) is 0 Å². The van der Waals surface area contributed by atoms with Crippen LogP contribution in [0, 0.1) is 13.8 Å². The molecule has 0 unspecified atom stereocenters. The number of hydrogen-bond donors (Lipinski definition) is 0. The normalized spacial score (nSPS) is 11.4. The molecular formula is C48H36N2. The molecule has 50 heavy (non-hydrogen) atoms. The van der Waals surface area contributed by atoms with E-state index < -0.39 is 0 Å². The molecule has 0 bridgehead atoms. The van der Waals surface area contributed by atoms with Crippen LogP contribution < -0.4 is 0 Å². The van der Waals surface area contributed by atoms with Crippen molar-refractivity contribution in [1.29, 1.82) is 0 Å². The Bertz CT molecular complexity index is 2430. The van der Waals surface area contributed by atoms with Gasteiger partial charge < -0.3 is 9.13 Å². The standard InChI is InChI=1S/C48H36N2/c1-33-13-9-11-19-43(33)35-21-25-41(26-22-35)49-45(37-15-5-3-6-16-37)29-39-32-48-40(31-47(39)49)30-46(38-17-7-4-8-18-38)50(48)42-27-23-36(24-28-42)44-20-12-10-14-34(44)2/h3-32H,1-2H3. The first kappa shape index (κ1) is 29.7. The minimum Gasteiger partial charge on any atom is -0.309 e. The van der Waals surface area contributed by atoms with E-state index >= 15 is 0 Å². The van der Waals surface area contributed by atoms with Crippen LogP contribution in [0.3, 0.4) is 0 Å². The van der Waals surface area contributed by atoms with Gasteiger partial charge in [0, 0.05) is 22.1 Å². The number of benzene rings is 7. The van der Waals surface area contributed by atoms with E-state index in [-0.39, 0.29) is 0 Å². The number of nitrogens with zero attached hydrogens (tertiary/aromatic N) is 2. The summed E-state index contributed by atoms with van der Waals surface area (Å²) in [6.45, 7) is 4.35. The first-order valence-electron chi connectivity index (χ1n) is 17.3. The Morgan fingerprint density at radius 2 is 0.680 bits per heavy atom. The average molecular weight is 641 g/mol. The molecule has 2 heterocycles. The molecule has 2 aromatic heterocycles. The Morgan fingerprint density at radius 3 is 1.06 bits per heavy atom. The number of hydrogen-bond acceptors (Lipinski definition) is 0.